The van der Waals surface area contributed by atoms with Gasteiger partial charge in [-0.2, -0.15) is 0 Å². The average Bonchev–Trinajstić information content (AvgIpc) is 2.73. The van der Waals surface area contributed by atoms with E-state index < -0.39 is 0 Å². The van der Waals surface area contributed by atoms with Crippen LogP contribution in [0.15, 0.2) is 0 Å². The van der Waals surface area contributed by atoms with E-state index in [2.05, 4.69) is 4.90 Å². The molecule has 4 aliphatic carbocycles. The summed E-state index contributed by atoms with van der Waals surface area (Å²) in [5, 5.41) is 0. The fourth-order valence-electron chi connectivity index (χ4n) is 5.16. The van der Waals surface area contributed by atoms with Crippen LogP contribution in [0.5, 0.6) is 0 Å². The molecule has 0 aromatic heterocycles. The van der Waals surface area contributed by atoms with Crippen LogP contribution in [0.3, 0.4) is 0 Å². The van der Waals surface area contributed by atoms with Gasteiger partial charge in [0.05, 0.1) is 0 Å². The Bertz CT molecular complexity index is 350. The lowest BCUT2D eigenvalue weighted by molar-refractivity contribution is -0.137. The van der Waals surface area contributed by atoms with Crippen molar-refractivity contribution >= 4 is 5.91 Å². The molecule has 0 aromatic carbocycles. The zero-order chi connectivity index (χ0) is 12.3. The summed E-state index contributed by atoms with van der Waals surface area (Å²) in [4.78, 5) is 14.9. The molecule has 100 valence electrons. The van der Waals surface area contributed by atoms with E-state index in [1.165, 1.54) is 38.5 Å². The van der Waals surface area contributed by atoms with Crippen molar-refractivity contribution in [2.45, 2.75) is 44.6 Å². The summed E-state index contributed by atoms with van der Waals surface area (Å²) in [5.41, 5.74) is 5.69. The van der Waals surface area contributed by atoms with Crippen LogP contribution in [-0.2, 0) is 4.79 Å². The van der Waals surface area contributed by atoms with Crippen LogP contribution < -0.4 is 5.73 Å². The second kappa shape index (κ2) is 3.96. The number of rotatable bonds is 4. The van der Waals surface area contributed by atoms with E-state index in [9.17, 15) is 4.79 Å². The Morgan fingerprint density at radius 2 is 1.78 bits per heavy atom. The maximum absolute atomic E-state index is 12.7. The zero-order valence-corrected chi connectivity index (χ0v) is 11.1. The minimum absolute atomic E-state index is 0.406. The van der Waals surface area contributed by atoms with Crippen LogP contribution in [0.2, 0.25) is 0 Å². The Labute approximate surface area is 109 Å². The second-order valence-corrected chi connectivity index (χ2v) is 6.92. The van der Waals surface area contributed by atoms with Crippen LogP contribution in [0.4, 0.5) is 0 Å². The van der Waals surface area contributed by atoms with Crippen molar-refractivity contribution in [3.05, 3.63) is 0 Å². The number of carbonyl (C=O) groups is 1. The maximum Gasteiger partial charge on any atom is 0.226 e. The molecule has 0 aliphatic heterocycles. The van der Waals surface area contributed by atoms with Crippen LogP contribution in [0.1, 0.15) is 38.5 Å². The topological polar surface area (TPSA) is 46.3 Å². The summed E-state index contributed by atoms with van der Waals surface area (Å²) in [6, 6.07) is 0.528. The van der Waals surface area contributed by atoms with Crippen molar-refractivity contribution in [1.82, 2.24) is 4.90 Å². The van der Waals surface area contributed by atoms with Crippen molar-refractivity contribution in [2.75, 3.05) is 13.1 Å². The van der Waals surface area contributed by atoms with Crippen LogP contribution in [0, 0.1) is 29.6 Å². The van der Waals surface area contributed by atoms with Gasteiger partial charge in [-0.1, -0.05) is 0 Å². The molecule has 0 saturated heterocycles. The summed E-state index contributed by atoms with van der Waals surface area (Å²) < 4.78 is 0. The van der Waals surface area contributed by atoms with Crippen molar-refractivity contribution in [1.29, 1.82) is 0 Å². The van der Waals surface area contributed by atoms with Gasteiger partial charge in [0.25, 0.3) is 0 Å². The average molecular weight is 248 g/mol. The van der Waals surface area contributed by atoms with E-state index in [1.807, 2.05) is 0 Å². The number of nitrogens with two attached hydrogens (primary N) is 1. The molecule has 0 heterocycles. The zero-order valence-electron chi connectivity index (χ0n) is 11.1. The molecule has 4 aliphatic rings. The molecule has 3 nitrogen and oxygen atoms in total. The summed E-state index contributed by atoms with van der Waals surface area (Å²) in [7, 11) is 0. The smallest absolute Gasteiger partial charge is 0.226 e. The van der Waals surface area contributed by atoms with E-state index in [1.54, 1.807) is 0 Å². The number of hydrogen-bond donors (Lipinski definition) is 1. The lowest BCUT2D eigenvalue weighted by atomic mass is 9.90. The number of nitrogens with zero attached hydrogens (tertiary/aromatic N) is 1. The van der Waals surface area contributed by atoms with Crippen LogP contribution in [-0.4, -0.2) is 29.9 Å². The third-order valence-corrected chi connectivity index (χ3v) is 6.19. The molecule has 2 bridgehead atoms. The Morgan fingerprint density at radius 1 is 1.11 bits per heavy atom. The standard InChI is InChI=1S/C15H24N2O/c16-6-7-17(11-2-1-3-11)15(18)14-12-9-4-5-10(8-9)13(12)14/h9-14H,1-8,16H2. The lowest BCUT2D eigenvalue weighted by Crippen LogP contribution is -2.47. The van der Waals surface area contributed by atoms with Gasteiger partial charge in [0.2, 0.25) is 5.91 Å². The highest BCUT2D eigenvalue weighted by atomic mass is 16.2. The van der Waals surface area contributed by atoms with E-state index in [0.717, 1.165) is 30.2 Å². The lowest BCUT2D eigenvalue weighted by Gasteiger charge is -2.38. The summed E-state index contributed by atoms with van der Waals surface area (Å²) in [5.74, 6) is 4.22. The first-order valence-corrected chi connectivity index (χ1v) is 7.82. The SMILES string of the molecule is NCCN(C(=O)C1C2C3CCC(C3)C12)C1CCC1. The Balaban J connectivity index is 1.46. The minimum atomic E-state index is 0.406. The molecule has 0 radical (unpaired) electrons. The first kappa shape index (κ1) is 11.3. The molecule has 4 atom stereocenters. The highest BCUT2D eigenvalue weighted by Gasteiger charge is 2.68. The summed E-state index contributed by atoms with van der Waals surface area (Å²) in [6.07, 6.45) is 7.94. The van der Waals surface area contributed by atoms with E-state index in [4.69, 9.17) is 5.73 Å². The van der Waals surface area contributed by atoms with Gasteiger partial charge < -0.3 is 10.6 Å². The first-order chi connectivity index (χ1) is 8.81. The third kappa shape index (κ3) is 1.43. The molecule has 3 heteroatoms. The molecular formula is C15H24N2O. The van der Waals surface area contributed by atoms with Gasteiger partial charge in [-0.25, -0.2) is 0 Å². The molecule has 2 N–H and O–H groups in total. The van der Waals surface area contributed by atoms with Crippen LogP contribution >= 0.6 is 0 Å². The predicted octanol–water partition coefficient (Wildman–Crippen LogP) is 1.62. The molecule has 18 heavy (non-hydrogen) atoms. The fraction of sp³-hybridized carbons (Fsp3) is 0.933. The number of amides is 1. The molecule has 4 fully saturated rings. The number of carbonyl (C=O) groups excluding carboxylic acids is 1. The van der Waals surface area contributed by atoms with Gasteiger partial charge >= 0.3 is 0 Å². The first-order valence-electron chi connectivity index (χ1n) is 7.82. The van der Waals surface area contributed by atoms with Gasteiger partial charge in [-0.15, -0.1) is 0 Å². The monoisotopic (exact) mass is 248 g/mol. The molecule has 0 spiro atoms. The Kier molecular flexibility index (Phi) is 2.48. The van der Waals surface area contributed by atoms with Crippen molar-refractivity contribution in [2.24, 2.45) is 35.3 Å². The molecular weight excluding hydrogens is 224 g/mol. The van der Waals surface area contributed by atoms with E-state index in [-0.39, 0.29) is 0 Å². The quantitative estimate of drug-likeness (QED) is 0.821. The van der Waals surface area contributed by atoms with Crippen molar-refractivity contribution in [3.63, 3.8) is 0 Å². The fourth-order valence-corrected chi connectivity index (χ4v) is 5.16. The number of hydrogen-bond acceptors (Lipinski definition) is 2. The molecule has 1 amide bonds. The largest absolute Gasteiger partial charge is 0.338 e. The summed E-state index contributed by atoms with van der Waals surface area (Å²) >= 11 is 0. The Hall–Kier alpha value is -0.570. The van der Waals surface area contributed by atoms with Crippen LogP contribution in [0.25, 0.3) is 0 Å². The molecule has 0 aromatic rings. The highest BCUT2D eigenvalue weighted by Crippen LogP contribution is 2.69. The minimum Gasteiger partial charge on any atom is -0.338 e. The van der Waals surface area contributed by atoms with Gasteiger partial charge in [0, 0.05) is 25.0 Å². The van der Waals surface area contributed by atoms with Crippen molar-refractivity contribution in [3.8, 4) is 0 Å². The van der Waals surface area contributed by atoms with Gasteiger partial charge in [-0.05, 0) is 62.2 Å². The number of fused-ring (bicyclic) bond motifs is 5. The van der Waals surface area contributed by atoms with Gasteiger partial charge in [-0.3, -0.25) is 4.79 Å². The molecule has 4 rings (SSSR count). The molecule has 4 unspecified atom stereocenters. The van der Waals surface area contributed by atoms with Gasteiger partial charge in [0.1, 0.15) is 0 Å². The van der Waals surface area contributed by atoms with Gasteiger partial charge in [0.15, 0.2) is 0 Å². The summed E-state index contributed by atoms with van der Waals surface area (Å²) in [6.45, 7) is 1.41. The van der Waals surface area contributed by atoms with E-state index >= 15 is 0 Å². The third-order valence-electron chi connectivity index (χ3n) is 6.19. The Morgan fingerprint density at radius 3 is 2.28 bits per heavy atom. The maximum atomic E-state index is 12.7. The predicted molar refractivity (Wildman–Crippen MR) is 69.7 cm³/mol. The molecule has 4 saturated carbocycles. The second-order valence-electron chi connectivity index (χ2n) is 6.92. The van der Waals surface area contributed by atoms with E-state index in [0.29, 0.717) is 24.4 Å². The normalized spacial score (nSPS) is 44.6. The highest BCUT2D eigenvalue weighted by molar-refractivity contribution is 5.83. The van der Waals surface area contributed by atoms with Crippen molar-refractivity contribution < 1.29 is 4.79 Å².